The number of nitrogens with zero attached hydrogens (tertiary/aromatic N) is 3. The van der Waals surface area contributed by atoms with E-state index in [4.69, 9.17) is 4.98 Å². The summed E-state index contributed by atoms with van der Waals surface area (Å²) in [6.07, 6.45) is 2.01. The molecule has 3 heterocycles. The topological polar surface area (TPSA) is 61.7 Å². The van der Waals surface area contributed by atoms with Crippen molar-refractivity contribution in [1.29, 1.82) is 0 Å². The molecular formula is C14H19N5O. The molecule has 0 radical (unpaired) electrons. The third-order valence-electron chi connectivity index (χ3n) is 3.72. The molecule has 1 fully saturated rings. The smallest absolute Gasteiger partial charge is 0.242 e. The first kappa shape index (κ1) is 12.9. The zero-order chi connectivity index (χ0) is 14.1. The summed E-state index contributed by atoms with van der Waals surface area (Å²) in [6.45, 7) is 4.08. The van der Waals surface area contributed by atoms with Crippen LogP contribution in [0.15, 0.2) is 24.4 Å². The number of imidazole rings is 1. The Hall–Kier alpha value is -2.08. The molecule has 106 valence electrons. The maximum atomic E-state index is 11.9. The number of hydrogen-bond donors (Lipinski definition) is 2. The molecule has 1 unspecified atom stereocenters. The van der Waals surface area contributed by atoms with Crippen LogP contribution in [0.1, 0.15) is 12.6 Å². The third-order valence-corrected chi connectivity index (χ3v) is 3.72. The van der Waals surface area contributed by atoms with Gasteiger partial charge in [0.1, 0.15) is 11.7 Å². The van der Waals surface area contributed by atoms with E-state index in [1.165, 1.54) is 0 Å². The highest BCUT2D eigenvalue weighted by atomic mass is 16.2. The molecule has 1 saturated heterocycles. The average molecular weight is 273 g/mol. The minimum atomic E-state index is -0.190. The van der Waals surface area contributed by atoms with Crippen molar-refractivity contribution in [2.75, 3.05) is 25.0 Å². The zero-order valence-electron chi connectivity index (χ0n) is 11.8. The molecule has 2 aromatic rings. The Morgan fingerprint density at radius 2 is 2.35 bits per heavy atom. The molecule has 1 aliphatic rings. The van der Waals surface area contributed by atoms with Gasteiger partial charge in [-0.25, -0.2) is 4.98 Å². The van der Waals surface area contributed by atoms with Gasteiger partial charge in [-0.1, -0.05) is 6.07 Å². The van der Waals surface area contributed by atoms with Gasteiger partial charge in [0, 0.05) is 25.8 Å². The Morgan fingerprint density at radius 1 is 1.50 bits per heavy atom. The van der Waals surface area contributed by atoms with Crippen molar-refractivity contribution in [1.82, 2.24) is 20.0 Å². The van der Waals surface area contributed by atoms with Gasteiger partial charge in [-0.2, -0.15) is 0 Å². The molecule has 0 saturated carbocycles. The van der Waals surface area contributed by atoms with Gasteiger partial charge in [-0.3, -0.25) is 4.79 Å². The molecule has 0 aliphatic carbocycles. The molecule has 6 heteroatoms. The standard InChI is InChI=1S/C14H19N5O/c1-10-14(20)16-6-8-18(10)13-11(9-15-2)19-7-4-3-5-12(19)17-13/h3-5,7,10,15H,6,8-9H2,1-2H3,(H,16,20). The van der Waals surface area contributed by atoms with Crippen molar-refractivity contribution < 1.29 is 4.79 Å². The van der Waals surface area contributed by atoms with E-state index in [1.54, 1.807) is 0 Å². The van der Waals surface area contributed by atoms with Gasteiger partial charge in [0.05, 0.1) is 5.69 Å². The molecule has 2 N–H and O–H groups in total. The second kappa shape index (κ2) is 5.13. The van der Waals surface area contributed by atoms with Crippen LogP contribution < -0.4 is 15.5 Å². The molecule has 1 atom stereocenters. The van der Waals surface area contributed by atoms with E-state index in [9.17, 15) is 4.79 Å². The number of carbonyl (C=O) groups excluding carboxylic acids is 1. The number of amides is 1. The molecular weight excluding hydrogens is 254 g/mol. The first-order chi connectivity index (χ1) is 9.72. The second-order valence-corrected chi connectivity index (χ2v) is 5.00. The number of piperazine rings is 1. The highest BCUT2D eigenvalue weighted by Gasteiger charge is 2.29. The average Bonchev–Trinajstić information content (AvgIpc) is 2.81. The van der Waals surface area contributed by atoms with Crippen LogP contribution in [0.3, 0.4) is 0 Å². The third kappa shape index (κ3) is 2.02. The zero-order valence-corrected chi connectivity index (χ0v) is 11.8. The minimum Gasteiger partial charge on any atom is -0.353 e. The highest BCUT2D eigenvalue weighted by Crippen LogP contribution is 2.24. The molecule has 1 aliphatic heterocycles. The maximum absolute atomic E-state index is 11.9. The molecule has 2 aromatic heterocycles. The summed E-state index contributed by atoms with van der Waals surface area (Å²) < 4.78 is 2.07. The second-order valence-electron chi connectivity index (χ2n) is 5.00. The molecule has 20 heavy (non-hydrogen) atoms. The molecule has 0 spiro atoms. The van der Waals surface area contributed by atoms with Crippen LogP contribution >= 0.6 is 0 Å². The van der Waals surface area contributed by atoms with Gasteiger partial charge in [-0.15, -0.1) is 0 Å². The van der Waals surface area contributed by atoms with Gasteiger partial charge < -0.3 is 19.9 Å². The fraction of sp³-hybridized carbons (Fsp3) is 0.429. The summed E-state index contributed by atoms with van der Waals surface area (Å²) in [5, 5.41) is 6.07. The summed E-state index contributed by atoms with van der Waals surface area (Å²) >= 11 is 0. The Bertz CT molecular complexity index is 636. The lowest BCUT2D eigenvalue weighted by molar-refractivity contribution is -0.122. The normalized spacial score (nSPS) is 19.4. The van der Waals surface area contributed by atoms with E-state index in [2.05, 4.69) is 19.9 Å². The fourth-order valence-electron chi connectivity index (χ4n) is 2.67. The molecule has 0 aromatic carbocycles. The van der Waals surface area contributed by atoms with E-state index in [0.717, 1.165) is 23.7 Å². The lowest BCUT2D eigenvalue weighted by Crippen LogP contribution is -2.54. The van der Waals surface area contributed by atoms with Crippen LogP contribution in [-0.4, -0.2) is 41.5 Å². The number of hydrogen-bond acceptors (Lipinski definition) is 4. The maximum Gasteiger partial charge on any atom is 0.242 e. The SMILES string of the molecule is CNCc1c(N2CCNC(=O)C2C)nc2ccccn12. The lowest BCUT2D eigenvalue weighted by Gasteiger charge is -2.33. The van der Waals surface area contributed by atoms with E-state index in [-0.39, 0.29) is 11.9 Å². The van der Waals surface area contributed by atoms with Crippen LogP contribution in [0.25, 0.3) is 5.65 Å². The van der Waals surface area contributed by atoms with Gasteiger partial charge in [0.2, 0.25) is 5.91 Å². The van der Waals surface area contributed by atoms with E-state index < -0.39 is 0 Å². The number of pyridine rings is 1. The van der Waals surface area contributed by atoms with Crippen molar-refractivity contribution >= 4 is 17.4 Å². The largest absolute Gasteiger partial charge is 0.353 e. The van der Waals surface area contributed by atoms with Crippen molar-refractivity contribution in [2.24, 2.45) is 0 Å². The number of fused-ring (bicyclic) bond motifs is 1. The Labute approximate surface area is 117 Å². The highest BCUT2D eigenvalue weighted by molar-refractivity contribution is 5.86. The quantitative estimate of drug-likeness (QED) is 0.848. The van der Waals surface area contributed by atoms with Gasteiger partial charge in [0.15, 0.2) is 5.82 Å². The van der Waals surface area contributed by atoms with E-state index in [1.807, 2.05) is 38.4 Å². The summed E-state index contributed by atoms with van der Waals surface area (Å²) in [5.41, 5.74) is 2.00. The molecule has 3 rings (SSSR count). The lowest BCUT2D eigenvalue weighted by atomic mass is 10.2. The van der Waals surface area contributed by atoms with Crippen LogP contribution in [0.4, 0.5) is 5.82 Å². The summed E-state index contributed by atoms with van der Waals surface area (Å²) in [6, 6.07) is 5.76. The fourth-order valence-corrected chi connectivity index (χ4v) is 2.67. The minimum absolute atomic E-state index is 0.0590. The van der Waals surface area contributed by atoms with Crippen LogP contribution in [0, 0.1) is 0 Å². The number of anilines is 1. The Balaban J connectivity index is 2.09. The molecule has 1 amide bonds. The van der Waals surface area contributed by atoms with Crippen molar-refractivity contribution in [3.05, 3.63) is 30.1 Å². The van der Waals surface area contributed by atoms with E-state index in [0.29, 0.717) is 13.1 Å². The Morgan fingerprint density at radius 3 is 3.15 bits per heavy atom. The van der Waals surface area contributed by atoms with Crippen molar-refractivity contribution in [2.45, 2.75) is 19.5 Å². The summed E-state index contributed by atoms with van der Waals surface area (Å²) in [7, 11) is 1.92. The van der Waals surface area contributed by atoms with Crippen molar-refractivity contribution in [3.8, 4) is 0 Å². The van der Waals surface area contributed by atoms with Crippen LogP contribution in [-0.2, 0) is 11.3 Å². The first-order valence-corrected chi connectivity index (χ1v) is 6.87. The van der Waals surface area contributed by atoms with Gasteiger partial charge in [0.25, 0.3) is 0 Å². The number of rotatable bonds is 3. The van der Waals surface area contributed by atoms with Crippen molar-refractivity contribution in [3.63, 3.8) is 0 Å². The predicted octanol–water partition coefficient (Wildman–Crippen LogP) is 0.378. The summed E-state index contributed by atoms with van der Waals surface area (Å²) in [5.74, 6) is 0.955. The number of nitrogens with one attached hydrogen (secondary N) is 2. The van der Waals surface area contributed by atoms with Crippen LogP contribution in [0.2, 0.25) is 0 Å². The van der Waals surface area contributed by atoms with E-state index >= 15 is 0 Å². The molecule has 6 nitrogen and oxygen atoms in total. The number of carbonyl (C=O) groups is 1. The number of aromatic nitrogens is 2. The monoisotopic (exact) mass is 273 g/mol. The Kier molecular flexibility index (Phi) is 3.31. The van der Waals surface area contributed by atoms with Crippen LogP contribution in [0.5, 0.6) is 0 Å². The van der Waals surface area contributed by atoms with Gasteiger partial charge in [-0.05, 0) is 26.1 Å². The summed E-state index contributed by atoms with van der Waals surface area (Å²) in [4.78, 5) is 18.6. The van der Waals surface area contributed by atoms with Gasteiger partial charge >= 0.3 is 0 Å². The molecule has 0 bridgehead atoms. The predicted molar refractivity (Wildman–Crippen MR) is 77.8 cm³/mol. The first-order valence-electron chi connectivity index (χ1n) is 6.87.